The zero-order chi connectivity index (χ0) is 12.5. The van der Waals surface area contributed by atoms with Crippen LogP contribution in [0.15, 0.2) is 0 Å². The van der Waals surface area contributed by atoms with Gasteiger partial charge in [-0.25, -0.2) is 23.2 Å². The summed E-state index contributed by atoms with van der Waals surface area (Å²) in [6.07, 6.45) is -2.66. The molecule has 0 bridgehead atoms. The molecule has 3 unspecified atom stereocenters. The lowest BCUT2D eigenvalue weighted by Gasteiger charge is -2.17. The van der Waals surface area contributed by atoms with Crippen LogP contribution in [-0.4, -0.2) is 41.8 Å². The summed E-state index contributed by atoms with van der Waals surface area (Å²) < 4.78 is 46.0. The molecule has 1 aliphatic heterocycles. The van der Waals surface area contributed by atoms with Crippen LogP contribution in [0.2, 0.25) is 0 Å². The molecule has 0 radical (unpaired) electrons. The number of rotatable bonds is 2. The lowest BCUT2D eigenvalue weighted by Crippen LogP contribution is -2.44. The van der Waals surface area contributed by atoms with Gasteiger partial charge in [0.1, 0.15) is 6.10 Å². The fraction of sp³-hybridized carbons (Fsp3) is 0.800. The van der Waals surface area contributed by atoms with E-state index in [1.807, 2.05) is 0 Å². The average Bonchev–Trinajstić information content (AvgIpc) is 2.42. The van der Waals surface area contributed by atoms with Gasteiger partial charge in [0.05, 0.1) is 6.26 Å². The number of hydrogen-bond donors (Lipinski definition) is 1. The van der Waals surface area contributed by atoms with Crippen LogP contribution in [0.4, 0.5) is 4.79 Å². The summed E-state index contributed by atoms with van der Waals surface area (Å²) in [6, 6.07) is 0. The molecule has 1 aliphatic rings. The Kier molecular flexibility index (Phi) is 3.85. The molecule has 0 spiro atoms. The Morgan fingerprint density at radius 2 is 2.06 bits per heavy atom. The first-order valence-electron chi connectivity index (χ1n) is 3.93. The van der Waals surface area contributed by atoms with Crippen molar-refractivity contribution in [2.45, 2.75) is 19.3 Å². The zero-order valence-corrected chi connectivity index (χ0v) is 9.99. The molecule has 1 saturated heterocycles. The standard InChI is InChI=1S/C5H10N2O7S2/c1-3-4(14-15(9)13-3)12-5(8)7(6)16(2,10)11/h3-4H,6H2,1-2H3. The fourth-order valence-corrected chi connectivity index (χ4v) is 1.80. The van der Waals surface area contributed by atoms with Gasteiger partial charge in [-0.05, 0) is 6.92 Å². The maximum atomic E-state index is 11.2. The molecular weight excluding hydrogens is 264 g/mol. The van der Waals surface area contributed by atoms with Crippen LogP contribution in [0.1, 0.15) is 6.92 Å². The molecule has 0 aromatic rings. The maximum absolute atomic E-state index is 11.2. The second-order valence-corrected chi connectivity index (χ2v) is 5.57. The first-order valence-corrected chi connectivity index (χ1v) is 6.78. The Balaban J connectivity index is 2.62. The summed E-state index contributed by atoms with van der Waals surface area (Å²) >= 11 is -2.02. The van der Waals surface area contributed by atoms with E-state index in [0.717, 1.165) is 6.26 Å². The molecule has 1 heterocycles. The monoisotopic (exact) mass is 274 g/mol. The molecule has 94 valence electrons. The summed E-state index contributed by atoms with van der Waals surface area (Å²) in [4.78, 5) is 11.2. The first-order chi connectivity index (χ1) is 7.21. The van der Waals surface area contributed by atoms with Crippen LogP contribution >= 0.6 is 0 Å². The predicted molar refractivity (Wildman–Crippen MR) is 50.9 cm³/mol. The van der Waals surface area contributed by atoms with Crippen LogP contribution in [0.3, 0.4) is 0 Å². The van der Waals surface area contributed by atoms with Gasteiger partial charge in [0.2, 0.25) is 6.29 Å². The highest BCUT2D eigenvalue weighted by atomic mass is 32.2. The molecular formula is C5H10N2O7S2. The predicted octanol–water partition coefficient (Wildman–Crippen LogP) is -1.40. The van der Waals surface area contributed by atoms with E-state index in [2.05, 4.69) is 13.1 Å². The minimum Gasteiger partial charge on any atom is -0.414 e. The molecule has 1 amide bonds. The van der Waals surface area contributed by atoms with E-state index in [9.17, 15) is 17.4 Å². The van der Waals surface area contributed by atoms with Crippen LogP contribution < -0.4 is 5.84 Å². The van der Waals surface area contributed by atoms with Gasteiger partial charge >= 0.3 is 17.5 Å². The number of amides is 1. The van der Waals surface area contributed by atoms with Crippen molar-refractivity contribution in [3.8, 4) is 0 Å². The summed E-state index contributed by atoms with van der Waals surface area (Å²) in [7, 11) is -3.91. The van der Waals surface area contributed by atoms with Gasteiger partial charge in [-0.2, -0.15) is 4.21 Å². The lowest BCUT2D eigenvalue weighted by atomic mass is 10.4. The van der Waals surface area contributed by atoms with Gasteiger partial charge in [0.25, 0.3) is 10.0 Å². The van der Waals surface area contributed by atoms with Crippen molar-refractivity contribution >= 4 is 27.5 Å². The van der Waals surface area contributed by atoms with E-state index in [0.29, 0.717) is 0 Å². The number of nitrogens with two attached hydrogens (primary N) is 1. The number of ether oxygens (including phenoxy) is 1. The van der Waals surface area contributed by atoms with Crippen LogP contribution in [0, 0.1) is 0 Å². The number of carbonyl (C=O) groups is 1. The normalized spacial score (nSPS) is 30.1. The van der Waals surface area contributed by atoms with Crippen LogP contribution in [-0.2, 0) is 34.5 Å². The van der Waals surface area contributed by atoms with Crippen molar-refractivity contribution in [2.24, 2.45) is 5.84 Å². The van der Waals surface area contributed by atoms with E-state index >= 15 is 0 Å². The second-order valence-electron chi connectivity index (χ2n) is 2.91. The molecule has 0 saturated carbocycles. The third kappa shape index (κ3) is 3.12. The number of carbonyl (C=O) groups excluding carboxylic acids is 1. The Hall–Kier alpha value is -0.750. The van der Waals surface area contributed by atoms with E-state index in [1.54, 1.807) is 0 Å². The lowest BCUT2D eigenvalue weighted by molar-refractivity contribution is -0.0503. The quantitative estimate of drug-likeness (QED) is 0.370. The molecule has 0 aliphatic carbocycles. The molecule has 0 aromatic carbocycles. The summed E-state index contributed by atoms with van der Waals surface area (Å²) in [5.41, 5.74) is 0. The molecule has 2 N–H and O–H groups in total. The topological polar surface area (TPSA) is 125 Å². The fourth-order valence-electron chi connectivity index (χ4n) is 0.750. The summed E-state index contributed by atoms with van der Waals surface area (Å²) in [5, 5.41) is 0. The second kappa shape index (κ2) is 4.63. The van der Waals surface area contributed by atoms with Gasteiger partial charge in [-0.15, -0.1) is 4.41 Å². The van der Waals surface area contributed by atoms with E-state index in [4.69, 9.17) is 5.84 Å². The number of hydrazine groups is 1. The smallest absolute Gasteiger partial charge is 0.414 e. The van der Waals surface area contributed by atoms with E-state index < -0.39 is 39.9 Å². The van der Waals surface area contributed by atoms with Gasteiger partial charge in [-0.3, -0.25) is 4.18 Å². The Morgan fingerprint density at radius 3 is 2.44 bits per heavy atom. The first kappa shape index (κ1) is 13.3. The summed E-state index contributed by atoms with van der Waals surface area (Å²) in [6.45, 7) is 1.43. The summed E-state index contributed by atoms with van der Waals surface area (Å²) in [5.74, 6) is 4.95. The third-order valence-corrected chi connectivity index (χ3v) is 3.21. The highest BCUT2D eigenvalue weighted by Crippen LogP contribution is 2.18. The molecule has 0 aromatic heterocycles. The minimum absolute atomic E-state index is 0.0929. The van der Waals surface area contributed by atoms with Gasteiger partial charge in [-0.1, -0.05) is 0 Å². The minimum atomic E-state index is -3.91. The van der Waals surface area contributed by atoms with E-state index in [-0.39, 0.29) is 4.41 Å². The van der Waals surface area contributed by atoms with Crippen molar-refractivity contribution in [1.82, 2.24) is 4.41 Å². The highest BCUT2D eigenvalue weighted by Gasteiger charge is 2.37. The Bertz CT molecular complexity index is 407. The maximum Gasteiger partial charge on any atom is 0.440 e. The van der Waals surface area contributed by atoms with E-state index in [1.165, 1.54) is 6.92 Å². The SMILES string of the molecule is CC1OS(=O)OC1OC(=O)N(N)S(C)(=O)=O. The van der Waals surface area contributed by atoms with Crippen molar-refractivity contribution in [2.75, 3.05) is 6.26 Å². The van der Waals surface area contributed by atoms with Crippen molar-refractivity contribution in [3.05, 3.63) is 0 Å². The number of nitrogens with zero attached hydrogens (tertiary/aromatic N) is 1. The van der Waals surface area contributed by atoms with Crippen molar-refractivity contribution in [1.29, 1.82) is 0 Å². The number of hydrogen-bond acceptors (Lipinski definition) is 8. The Morgan fingerprint density at radius 1 is 1.50 bits per heavy atom. The Labute approximate surface area is 94.3 Å². The van der Waals surface area contributed by atoms with Gasteiger partial charge in [0.15, 0.2) is 0 Å². The van der Waals surface area contributed by atoms with Crippen LogP contribution in [0.25, 0.3) is 0 Å². The number of sulfonamides is 1. The van der Waals surface area contributed by atoms with Crippen LogP contribution in [0.5, 0.6) is 0 Å². The molecule has 3 atom stereocenters. The highest BCUT2D eigenvalue weighted by molar-refractivity contribution is 7.88. The molecule has 1 fully saturated rings. The molecule has 16 heavy (non-hydrogen) atoms. The van der Waals surface area contributed by atoms with Crippen molar-refractivity contribution < 1.29 is 30.5 Å². The zero-order valence-electron chi connectivity index (χ0n) is 8.35. The van der Waals surface area contributed by atoms with Crippen molar-refractivity contribution in [3.63, 3.8) is 0 Å². The molecule has 9 nitrogen and oxygen atoms in total. The molecule has 1 rings (SSSR count). The average molecular weight is 274 g/mol. The van der Waals surface area contributed by atoms with Gasteiger partial charge < -0.3 is 4.74 Å². The third-order valence-electron chi connectivity index (χ3n) is 1.54. The van der Waals surface area contributed by atoms with Gasteiger partial charge in [0, 0.05) is 0 Å². The largest absolute Gasteiger partial charge is 0.440 e. The molecule has 11 heteroatoms.